The zero-order valence-electron chi connectivity index (χ0n) is 20.0. The molecule has 7 heteroatoms. The third-order valence-electron chi connectivity index (χ3n) is 6.63. The number of methoxy groups -OCH3 is 2. The van der Waals surface area contributed by atoms with Gasteiger partial charge in [-0.3, -0.25) is 14.2 Å². The van der Waals surface area contributed by atoms with Crippen LogP contribution in [0.1, 0.15) is 40.6 Å². The van der Waals surface area contributed by atoms with Crippen molar-refractivity contribution in [1.29, 1.82) is 0 Å². The standard InChI is InChI=1S/C28H27N3O4/c1-18-29-24-8-5-4-7-22(24)28(33)31(18)20-12-10-19(11-13-20)27(32)30-16-6-9-25(30)23-17-21(34-2)14-15-26(23)35-3/h4-5,7-8,10-15,17,25H,6,9,16H2,1-3H3/t25-/m0/s1. The summed E-state index contributed by atoms with van der Waals surface area (Å²) >= 11 is 0. The monoisotopic (exact) mass is 469 g/mol. The lowest BCUT2D eigenvalue weighted by Gasteiger charge is -2.27. The smallest absolute Gasteiger partial charge is 0.265 e. The Hall–Kier alpha value is -4.13. The summed E-state index contributed by atoms with van der Waals surface area (Å²) in [6.45, 7) is 2.47. The fourth-order valence-corrected chi connectivity index (χ4v) is 4.90. The maximum Gasteiger partial charge on any atom is 0.265 e. The molecule has 1 aromatic heterocycles. The van der Waals surface area contributed by atoms with E-state index in [-0.39, 0.29) is 17.5 Å². The Kier molecular flexibility index (Phi) is 5.99. The van der Waals surface area contributed by atoms with Crippen molar-refractivity contribution in [3.63, 3.8) is 0 Å². The molecule has 0 spiro atoms. The van der Waals surface area contributed by atoms with Gasteiger partial charge in [-0.2, -0.15) is 0 Å². The minimum Gasteiger partial charge on any atom is -0.497 e. The third kappa shape index (κ3) is 4.03. The molecule has 1 aliphatic heterocycles. The number of hydrogen-bond donors (Lipinski definition) is 0. The van der Waals surface area contributed by atoms with Gasteiger partial charge in [0.05, 0.1) is 36.9 Å². The van der Waals surface area contributed by atoms with E-state index < -0.39 is 0 Å². The van der Waals surface area contributed by atoms with Crippen LogP contribution in [0.4, 0.5) is 0 Å². The molecule has 1 aliphatic rings. The molecule has 35 heavy (non-hydrogen) atoms. The lowest BCUT2D eigenvalue weighted by molar-refractivity contribution is 0.0734. The van der Waals surface area contributed by atoms with Gasteiger partial charge in [-0.15, -0.1) is 0 Å². The maximum atomic E-state index is 13.5. The number of likely N-dealkylation sites (tertiary alicyclic amines) is 1. The van der Waals surface area contributed by atoms with Crippen LogP contribution in [-0.4, -0.2) is 41.1 Å². The normalized spacial score (nSPS) is 15.4. The highest BCUT2D eigenvalue weighted by Gasteiger charge is 2.32. The number of aryl methyl sites for hydroxylation is 1. The van der Waals surface area contributed by atoms with Gasteiger partial charge in [-0.05, 0) is 74.4 Å². The van der Waals surface area contributed by atoms with Crippen LogP contribution in [0.15, 0.2) is 71.5 Å². The number of nitrogens with zero attached hydrogens (tertiary/aromatic N) is 3. The number of amides is 1. The second-order valence-corrected chi connectivity index (χ2v) is 8.63. The predicted octanol–water partition coefficient (Wildman–Crippen LogP) is 4.69. The molecule has 0 N–H and O–H groups in total. The minimum absolute atomic E-state index is 0.0513. The van der Waals surface area contributed by atoms with E-state index in [0.717, 1.165) is 29.9 Å². The van der Waals surface area contributed by atoms with Crippen molar-refractivity contribution in [2.75, 3.05) is 20.8 Å². The minimum atomic E-state index is -0.128. The number of hydrogen-bond acceptors (Lipinski definition) is 5. The lowest BCUT2D eigenvalue weighted by atomic mass is 10.0. The molecule has 0 saturated carbocycles. The van der Waals surface area contributed by atoms with Crippen LogP contribution < -0.4 is 15.0 Å². The van der Waals surface area contributed by atoms with Crippen molar-refractivity contribution >= 4 is 16.8 Å². The van der Waals surface area contributed by atoms with Crippen LogP contribution in [0.2, 0.25) is 0 Å². The summed E-state index contributed by atoms with van der Waals surface area (Å²) in [6.07, 6.45) is 1.76. The highest BCUT2D eigenvalue weighted by atomic mass is 16.5. The summed E-state index contributed by atoms with van der Waals surface area (Å²) in [5, 5.41) is 0.561. The Morgan fingerprint density at radius 1 is 1.00 bits per heavy atom. The van der Waals surface area contributed by atoms with E-state index in [4.69, 9.17) is 9.47 Å². The second kappa shape index (κ2) is 9.25. The van der Waals surface area contributed by atoms with Crippen molar-refractivity contribution in [3.8, 4) is 17.2 Å². The van der Waals surface area contributed by atoms with Crippen LogP contribution in [0.5, 0.6) is 11.5 Å². The van der Waals surface area contributed by atoms with E-state index in [1.54, 1.807) is 49.1 Å². The highest BCUT2D eigenvalue weighted by Crippen LogP contribution is 2.39. The number of rotatable bonds is 5. The molecule has 7 nitrogen and oxygen atoms in total. The molecule has 0 aliphatic carbocycles. The molecule has 2 heterocycles. The molecule has 0 bridgehead atoms. The van der Waals surface area contributed by atoms with Crippen molar-refractivity contribution in [2.24, 2.45) is 0 Å². The van der Waals surface area contributed by atoms with Gasteiger partial charge in [0.2, 0.25) is 0 Å². The number of benzene rings is 3. The number of carbonyl (C=O) groups excluding carboxylic acids is 1. The first-order chi connectivity index (χ1) is 17.0. The molecule has 5 rings (SSSR count). The fraction of sp³-hybridized carbons (Fsp3) is 0.250. The van der Waals surface area contributed by atoms with Crippen LogP contribution in [0, 0.1) is 6.92 Å². The van der Waals surface area contributed by atoms with Gasteiger partial charge in [0.15, 0.2) is 0 Å². The van der Waals surface area contributed by atoms with Gasteiger partial charge >= 0.3 is 0 Å². The largest absolute Gasteiger partial charge is 0.497 e. The van der Waals surface area contributed by atoms with Crippen LogP contribution in [-0.2, 0) is 0 Å². The summed E-state index contributed by atoms with van der Waals surface area (Å²) in [6, 6.07) is 20.0. The van der Waals surface area contributed by atoms with E-state index in [2.05, 4.69) is 4.98 Å². The maximum absolute atomic E-state index is 13.5. The zero-order chi connectivity index (χ0) is 24.5. The average Bonchev–Trinajstić information content (AvgIpc) is 3.38. The van der Waals surface area contributed by atoms with E-state index in [0.29, 0.717) is 34.5 Å². The number of ether oxygens (including phenoxy) is 2. The van der Waals surface area contributed by atoms with E-state index >= 15 is 0 Å². The number of carbonyl (C=O) groups is 1. The van der Waals surface area contributed by atoms with Gasteiger partial charge in [-0.25, -0.2) is 4.98 Å². The predicted molar refractivity (Wildman–Crippen MR) is 135 cm³/mol. The van der Waals surface area contributed by atoms with E-state index in [1.165, 1.54) is 0 Å². The van der Waals surface area contributed by atoms with Gasteiger partial charge in [0.25, 0.3) is 11.5 Å². The first-order valence-electron chi connectivity index (χ1n) is 11.6. The lowest BCUT2D eigenvalue weighted by Crippen LogP contribution is -2.31. The fourth-order valence-electron chi connectivity index (χ4n) is 4.90. The van der Waals surface area contributed by atoms with Crippen molar-refractivity contribution in [3.05, 3.63) is 94.0 Å². The third-order valence-corrected chi connectivity index (χ3v) is 6.63. The van der Waals surface area contributed by atoms with Gasteiger partial charge in [0.1, 0.15) is 17.3 Å². The molecule has 1 fully saturated rings. The molecule has 0 radical (unpaired) electrons. The SMILES string of the molecule is COc1ccc(OC)c([C@@H]2CCCN2C(=O)c2ccc(-n3c(C)nc4ccccc4c3=O)cc2)c1. The van der Waals surface area contributed by atoms with Gasteiger partial charge in [0, 0.05) is 17.7 Å². The Balaban J connectivity index is 1.46. The summed E-state index contributed by atoms with van der Waals surface area (Å²) < 4.78 is 12.6. The summed E-state index contributed by atoms with van der Waals surface area (Å²) in [5.74, 6) is 2.01. The van der Waals surface area contributed by atoms with Gasteiger partial charge in [-0.1, -0.05) is 12.1 Å². The van der Waals surface area contributed by atoms with Gasteiger partial charge < -0.3 is 14.4 Å². The molecule has 0 unspecified atom stereocenters. The molecule has 1 saturated heterocycles. The molecule has 3 aromatic carbocycles. The van der Waals surface area contributed by atoms with Crippen LogP contribution in [0.25, 0.3) is 16.6 Å². The Bertz CT molecular complexity index is 1460. The van der Waals surface area contributed by atoms with Crippen molar-refractivity contribution in [1.82, 2.24) is 14.5 Å². The molecule has 1 atom stereocenters. The quantitative estimate of drug-likeness (QED) is 0.424. The van der Waals surface area contributed by atoms with E-state index in [9.17, 15) is 9.59 Å². The topological polar surface area (TPSA) is 73.7 Å². The Morgan fingerprint density at radius 3 is 2.51 bits per heavy atom. The van der Waals surface area contributed by atoms with Crippen LogP contribution >= 0.6 is 0 Å². The first-order valence-corrected chi connectivity index (χ1v) is 11.6. The summed E-state index contributed by atoms with van der Waals surface area (Å²) in [4.78, 5) is 33.1. The first kappa shape index (κ1) is 22.7. The Labute approximate surface area is 203 Å². The Morgan fingerprint density at radius 2 is 1.77 bits per heavy atom. The molecule has 4 aromatic rings. The summed E-state index contributed by atoms with van der Waals surface area (Å²) in [7, 11) is 3.26. The highest BCUT2D eigenvalue weighted by molar-refractivity contribution is 5.95. The summed E-state index contributed by atoms with van der Waals surface area (Å²) in [5.41, 5.74) is 2.73. The molecular weight excluding hydrogens is 442 g/mol. The van der Waals surface area contributed by atoms with Crippen molar-refractivity contribution in [2.45, 2.75) is 25.8 Å². The average molecular weight is 470 g/mol. The molecule has 178 valence electrons. The zero-order valence-corrected chi connectivity index (χ0v) is 20.0. The molecular formula is C28H27N3O4. The number of fused-ring (bicyclic) bond motifs is 1. The van der Waals surface area contributed by atoms with Crippen molar-refractivity contribution < 1.29 is 14.3 Å². The molecule has 1 amide bonds. The number of para-hydroxylation sites is 1. The van der Waals surface area contributed by atoms with E-state index in [1.807, 2.05) is 48.2 Å². The van der Waals surface area contributed by atoms with Crippen LogP contribution in [0.3, 0.4) is 0 Å². The second-order valence-electron chi connectivity index (χ2n) is 8.63. The number of aromatic nitrogens is 2.